The number of rotatable bonds is 20. The average molecular weight is 481 g/mol. The van der Waals surface area contributed by atoms with Crippen LogP contribution in [0, 0.1) is 0 Å². The van der Waals surface area contributed by atoms with Crippen LogP contribution in [-0.2, 0) is 9.47 Å². The molecule has 194 valence electrons. The van der Waals surface area contributed by atoms with Gasteiger partial charge in [0.15, 0.2) is 0 Å². The van der Waals surface area contributed by atoms with E-state index >= 15 is 0 Å². The van der Waals surface area contributed by atoms with Gasteiger partial charge in [-0.25, -0.2) is 0 Å². The molecule has 0 bridgehead atoms. The zero-order valence-electron chi connectivity index (χ0n) is 22.3. The summed E-state index contributed by atoms with van der Waals surface area (Å²) in [5.41, 5.74) is 2.45. The Morgan fingerprint density at radius 2 is 1.31 bits per heavy atom. The summed E-state index contributed by atoms with van der Waals surface area (Å²) in [5, 5.41) is 0. The van der Waals surface area contributed by atoms with E-state index in [-0.39, 0.29) is 5.60 Å². The van der Waals surface area contributed by atoms with Gasteiger partial charge in [-0.15, -0.1) is 0 Å². The molecule has 35 heavy (non-hydrogen) atoms. The first kappa shape index (κ1) is 27.7. The van der Waals surface area contributed by atoms with Crippen molar-refractivity contribution in [2.75, 3.05) is 19.8 Å². The maximum Gasteiger partial charge on any atom is 0.127 e. The van der Waals surface area contributed by atoms with Gasteiger partial charge in [0, 0.05) is 12.2 Å². The second kappa shape index (κ2) is 16.0. The van der Waals surface area contributed by atoms with Gasteiger partial charge in [0.25, 0.3) is 0 Å². The van der Waals surface area contributed by atoms with Gasteiger partial charge in [0.05, 0.1) is 19.3 Å². The Balaban J connectivity index is 1.11. The minimum absolute atomic E-state index is 0.0504. The molecule has 1 heterocycles. The first-order chi connectivity index (χ1) is 17.3. The van der Waals surface area contributed by atoms with Crippen LogP contribution in [0.25, 0.3) is 11.1 Å². The highest BCUT2D eigenvalue weighted by atomic mass is 16.6. The summed E-state index contributed by atoms with van der Waals surface area (Å²) in [6.45, 7) is 6.93. The van der Waals surface area contributed by atoms with Crippen LogP contribution in [0.1, 0.15) is 97.3 Å². The summed E-state index contributed by atoms with van der Waals surface area (Å²) in [5.74, 6) is 0.996. The minimum atomic E-state index is 0.0504. The van der Waals surface area contributed by atoms with Crippen LogP contribution in [0.4, 0.5) is 0 Å². The fraction of sp³-hybridized carbons (Fsp3) is 0.625. The van der Waals surface area contributed by atoms with Crippen molar-refractivity contribution >= 4 is 0 Å². The number of benzene rings is 2. The normalized spacial score (nSPS) is 19.1. The van der Waals surface area contributed by atoms with E-state index in [1.165, 1.54) is 81.8 Å². The highest BCUT2D eigenvalue weighted by molar-refractivity contribution is 5.70. The quantitative estimate of drug-likeness (QED) is 0.140. The van der Waals surface area contributed by atoms with E-state index in [1.54, 1.807) is 0 Å². The highest BCUT2D eigenvalue weighted by Crippen LogP contribution is 2.42. The minimum Gasteiger partial charge on any atom is -0.493 e. The van der Waals surface area contributed by atoms with Crippen molar-refractivity contribution in [1.82, 2.24) is 0 Å². The summed E-state index contributed by atoms with van der Waals surface area (Å²) in [6.07, 6.45) is 16.9. The molecule has 1 fully saturated rings. The Kier molecular flexibility index (Phi) is 12.7. The van der Waals surface area contributed by atoms with E-state index < -0.39 is 0 Å². The summed E-state index contributed by atoms with van der Waals surface area (Å²) in [4.78, 5) is 0. The van der Waals surface area contributed by atoms with Gasteiger partial charge >= 0.3 is 0 Å². The molecule has 0 N–H and O–H groups in total. The Labute approximate surface area is 214 Å². The van der Waals surface area contributed by atoms with Gasteiger partial charge in [-0.3, -0.25) is 0 Å². The van der Waals surface area contributed by atoms with Crippen molar-refractivity contribution in [2.45, 2.75) is 109 Å². The van der Waals surface area contributed by atoms with Gasteiger partial charge in [-0.05, 0) is 37.3 Å². The molecule has 1 aliphatic rings. The van der Waals surface area contributed by atoms with Crippen molar-refractivity contribution in [3.8, 4) is 16.9 Å². The van der Waals surface area contributed by atoms with Crippen LogP contribution in [0.15, 0.2) is 54.6 Å². The van der Waals surface area contributed by atoms with Crippen molar-refractivity contribution in [2.24, 2.45) is 0 Å². The lowest BCUT2D eigenvalue weighted by Gasteiger charge is -2.11. The van der Waals surface area contributed by atoms with Gasteiger partial charge in [0.2, 0.25) is 0 Å². The molecule has 0 spiro atoms. The third-order valence-electron chi connectivity index (χ3n) is 7.31. The van der Waals surface area contributed by atoms with Crippen molar-refractivity contribution in [3.05, 3.63) is 54.6 Å². The molecule has 1 aliphatic heterocycles. The first-order valence-corrected chi connectivity index (χ1v) is 14.3. The SMILES string of the molecule is CCCC1OC1(CC)COCCCCCCCCCCCCOc1ccccc1-c1ccccc1. The van der Waals surface area contributed by atoms with Crippen LogP contribution in [-0.4, -0.2) is 31.5 Å². The van der Waals surface area contributed by atoms with E-state index in [0.29, 0.717) is 6.10 Å². The third-order valence-corrected chi connectivity index (χ3v) is 7.31. The number of para-hydroxylation sites is 1. The molecular weight excluding hydrogens is 432 g/mol. The van der Waals surface area contributed by atoms with Crippen LogP contribution in [0.3, 0.4) is 0 Å². The number of ether oxygens (including phenoxy) is 3. The monoisotopic (exact) mass is 480 g/mol. The lowest BCUT2D eigenvalue weighted by atomic mass is 10.0. The first-order valence-electron chi connectivity index (χ1n) is 14.3. The molecule has 0 radical (unpaired) electrons. The van der Waals surface area contributed by atoms with Crippen molar-refractivity contribution in [3.63, 3.8) is 0 Å². The Hall–Kier alpha value is -1.84. The van der Waals surface area contributed by atoms with E-state index in [4.69, 9.17) is 14.2 Å². The number of unbranched alkanes of at least 4 members (excludes halogenated alkanes) is 9. The van der Waals surface area contributed by atoms with E-state index in [0.717, 1.165) is 38.4 Å². The Morgan fingerprint density at radius 3 is 1.97 bits per heavy atom. The molecule has 2 aromatic carbocycles. The molecule has 0 aromatic heterocycles. The zero-order chi connectivity index (χ0) is 24.6. The molecule has 2 atom stereocenters. The van der Waals surface area contributed by atoms with Crippen LogP contribution >= 0.6 is 0 Å². The fourth-order valence-corrected chi connectivity index (χ4v) is 4.97. The van der Waals surface area contributed by atoms with E-state index in [9.17, 15) is 0 Å². The molecule has 2 aromatic rings. The molecule has 1 saturated heterocycles. The molecule has 0 amide bonds. The van der Waals surface area contributed by atoms with Crippen LogP contribution < -0.4 is 4.74 Å². The van der Waals surface area contributed by atoms with Gasteiger partial charge in [-0.1, -0.05) is 120 Å². The average Bonchev–Trinajstić information content (AvgIpc) is 3.60. The molecule has 2 unspecified atom stereocenters. The molecule has 3 rings (SSSR count). The molecule has 3 nitrogen and oxygen atoms in total. The maximum atomic E-state index is 6.12. The largest absolute Gasteiger partial charge is 0.493 e. The molecule has 3 heteroatoms. The van der Waals surface area contributed by atoms with Crippen molar-refractivity contribution < 1.29 is 14.2 Å². The lowest BCUT2D eigenvalue weighted by molar-refractivity contribution is 0.0742. The van der Waals surface area contributed by atoms with Gasteiger partial charge in [0.1, 0.15) is 11.4 Å². The highest BCUT2D eigenvalue weighted by Gasteiger charge is 2.54. The smallest absolute Gasteiger partial charge is 0.127 e. The zero-order valence-corrected chi connectivity index (χ0v) is 22.3. The predicted octanol–water partition coefficient (Wildman–Crippen LogP) is 9.00. The Bertz CT molecular complexity index is 805. The summed E-state index contributed by atoms with van der Waals surface area (Å²) >= 11 is 0. The van der Waals surface area contributed by atoms with Gasteiger partial charge < -0.3 is 14.2 Å². The molecule has 0 aliphatic carbocycles. The summed E-state index contributed by atoms with van der Waals surface area (Å²) in [6, 6.07) is 18.9. The molecular formula is C32H48O3. The number of epoxide rings is 1. The lowest BCUT2D eigenvalue weighted by Crippen LogP contribution is -2.22. The number of hydrogen-bond donors (Lipinski definition) is 0. The maximum absolute atomic E-state index is 6.12. The fourth-order valence-electron chi connectivity index (χ4n) is 4.97. The van der Waals surface area contributed by atoms with Gasteiger partial charge in [-0.2, -0.15) is 0 Å². The van der Waals surface area contributed by atoms with Crippen LogP contribution in [0.5, 0.6) is 5.75 Å². The van der Waals surface area contributed by atoms with Crippen molar-refractivity contribution in [1.29, 1.82) is 0 Å². The summed E-state index contributed by atoms with van der Waals surface area (Å²) < 4.78 is 18.0. The third kappa shape index (κ3) is 9.61. The summed E-state index contributed by atoms with van der Waals surface area (Å²) in [7, 11) is 0. The Morgan fingerprint density at radius 1 is 0.714 bits per heavy atom. The standard InChI is InChI=1S/C32H48O3/c1-3-20-31-32(4-2,35-31)27-33-25-18-11-9-7-5-6-8-10-12-19-26-34-30-24-17-16-23-29(30)28-21-14-13-15-22-28/h13-17,21-24,31H,3-12,18-20,25-27H2,1-2H3. The molecule has 0 saturated carbocycles. The predicted molar refractivity (Wildman–Crippen MR) is 147 cm³/mol. The second-order valence-electron chi connectivity index (χ2n) is 10.1. The van der Waals surface area contributed by atoms with E-state index in [2.05, 4.69) is 68.4 Å². The van der Waals surface area contributed by atoms with Crippen LogP contribution in [0.2, 0.25) is 0 Å². The second-order valence-corrected chi connectivity index (χ2v) is 10.1. The topological polar surface area (TPSA) is 31.0 Å². The number of hydrogen-bond acceptors (Lipinski definition) is 3. The van der Waals surface area contributed by atoms with E-state index in [1.807, 2.05) is 0 Å².